The van der Waals surface area contributed by atoms with Gasteiger partial charge in [0, 0.05) is 0 Å². The second kappa shape index (κ2) is 15.2. The molecule has 2 aliphatic rings. The Morgan fingerprint density at radius 1 is 0.600 bits per heavy atom. The van der Waals surface area contributed by atoms with Gasteiger partial charge in [-0.05, 0) is 0 Å². The molecule has 0 spiro atoms. The molecule has 3 heteroatoms. The fourth-order valence-corrected chi connectivity index (χ4v) is 1.80. The molecule has 2 rings (SSSR count). The Bertz CT molecular complexity index is 66.8. The van der Waals surface area contributed by atoms with Crippen molar-refractivity contribution in [3.8, 4) is 0 Å². The average molecular weight is 338 g/mol. The van der Waals surface area contributed by atoms with Crippen LogP contribution in [0.5, 0.6) is 0 Å². The zero-order valence-electron chi connectivity index (χ0n) is 9.34. The summed E-state index contributed by atoms with van der Waals surface area (Å²) in [6.07, 6.45) is 19.0. The van der Waals surface area contributed by atoms with Crippen molar-refractivity contribution < 1.29 is 15.1 Å². The van der Waals surface area contributed by atoms with Crippen molar-refractivity contribution >= 4 is 19.4 Å². The van der Waals surface area contributed by atoms with Crippen LogP contribution in [0.3, 0.4) is 0 Å². The molecule has 0 amide bonds. The Labute approximate surface area is 111 Å². The first kappa shape index (κ1) is 16.2. The van der Waals surface area contributed by atoms with Gasteiger partial charge in [-0.3, -0.25) is 0 Å². The predicted octanol–water partition coefficient (Wildman–Crippen LogP) is 5.69. The van der Waals surface area contributed by atoms with E-state index >= 15 is 0 Å². The minimum absolute atomic E-state index is 0.346. The van der Waals surface area contributed by atoms with E-state index in [4.69, 9.17) is 19.4 Å². The summed E-state index contributed by atoms with van der Waals surface area (Å²) in [5, 5.41) is 0. The molecule has 0 aromatic heterocycles. The van der Waals surface area contributed by atoms with Crippen LogP contribution in [0.25, 0.3) is 0 Å². The fourth-order valence-electron chi connectivity index (χ4n) is 1.80. The third-order valence-corrected chi connectivity index (χ3v) is 2.63. The Morgan fingerprint density at radius 2 is 0.867 bits per heavy atom. The van der Waals surface area contributed by atoms with Gasteiger partial charge in [0.25, 0.3) is 0 Å². The minimum atomic E-state index is -0.346. The molecule has 0 atom stereocenters. The molecular weight excluding hydrogens is 316 g/mol. The molecule has 2 fully saturated rings. The van der Waals surface area contributed by atoms with Crippen LogP contribution >= 0.6 is 19.4 Å². The Kier molecular flexibility index (Phi) is 16.4. The maximum atomic E-state index is 4.85. The first-order chi connectivity index (χ1) is 7.41. The molecule has 15 heavy (non-hydrogen) atoms. The van der Waals surface area contributed by atoms with Gasteiger partial charge in [0.1, 0.15) is 0 Å². The first-order valence-corrected chi connectivity index (χ1v) is 10.4. The zero-order valence-corrected chi connectivity index (χ0v) is 12.6. The molecule has 0 radical (unpaired) electrons. The molecule has 0 bridgehead atoms. The molecule has 0 N–H and O–H groups in total. The first-order valence-electron chi connectivity index (χ1n) is 5.90. The zero-order chi connectivity index (χ0) is 11.2. The molecular formula is C12H22Cl2Ru. The summed E-state index contributed by atoms with van der Waals surface area (Å²) in [6, 6.07) is 0. The molecule has 2 saturated carbocycles. The summed E-state index contributed by atoms with van der Waals surface area (Å²) in [4.78, 5) is 0. The van der Waals surface area contributed by atoms with Gasteiger partial charge in [-0.2, -0.15) is 25.7 Å². The van der Waals surface area contributed by atoms with Crippen molar-refractivity contribution in [2.24, 2.45) is 0 Å². The molecule has 0 aromatic carbocycles. The SMILES string of the molecule is [CH-]1CCCCC1.[CH-]1CCCCC1.[Cl][Ru+2][Cl]. The summed E-state index contributed by atoms with van der Waals surface area (Å²) < 4.78 is 0. The monoisotopic (exact) mass is 338 g/mol. The van der Waals surface area contributed by atoms with Crippen LogP contribution < -0.4 is 0 Å². The van der Waals surface area contributed by atoms with Crippen LogP contribution in [0.2, 0.25) is 0 Å². The number of hydrogen-bond donors (Lipinski definition) is 0. The second-order valence-electron chi connectivity index (χ2n) is 3.90. The van der Waals surface area contributed by atoms with Crippen molar-refractivity contribution in [1.82, 2.24) is 0 Å². The van der Waals surface area contributed by atoms with Crippen molar-refractivity contribution in [3.05, 3.63) is 12.8 Å². The van der Waals surface area contributed by atoms with Gasteiger partial charge in [-0.25, -0.2) is 0 Å². The average Bonchev–Trinajstić information content (AvgIpc) is 2.35. The summed E-state index contributed by atoms with van der Waals surface area (Å²) >= 11 is -0.346. The van der Waals surface area contributed by atoms with Crippen molar-refractivity contribution in [2.75, 3.05) is 0 Å². The Balaban J connectivity index is 0.000000210. The fraction of sp³-hybridized carbons (Fsp3) is 0.833. The van der Waals surface area contributed by atoms with Crippen molar-refractivity contribution in [3.63, 3.8) is 0 Å². The van der Waals surface area contributed by atoms with Gasteiger partial charge in [-0.15, -0.1) is 0 Å². The second-order valence-corrected chi connectivity index (χ2v) is 6.54. The van der Waals surface area contributed by atoms with Gasteiger partial charge in [-0.1, -0.05) is 38.5 Å². The molecule has 92 valence electrons. The van der Waals surface area contributed by atoms with Crippen molar-refractivity contribution in [1.29, 1.82) is 0 Å². The molecule has 0 aliphatic heterocycles. The molecule has 0 saturated heterocycles. The van der Waals surface area contributed by atoms with Crippen LogP contribution in [0.4, 0.5) is 0 Å². The van der Waals surface area contributed by atoms with E-state index in [2.05, 4.69) is 12.8 Å². The van der Waals surface area contributed by atoms with Gasteiger partial charge in [0.2, 0.25) is 0 Å². The van der Waals surface area contributed by atoms with E-state index in [0.29, 0.717) is 0 Å². The number of rotatable bonds is 0. The maximum absolute atomic E-state index is 4.85. The van der Waals surface area contributed by atoms with Crippen LogP contribution in [-0.2, 0) is 15.1 Å². The number of halogens is 2. The third-order valence-electron chi connectivity index (χ3n) is 2.63. The quantitative estimate of drug-likeness (QED) is 0.393. The van der Waals surface area contributed by atoms with E-state index < -0.39 is 0 Å². The summed E-state index contributed by atoms with van der Waals surface area (Å²) in [7, 11) is 9.71. The summed E-state index contributed by atoms with van der Waals surface area (Å²) in [5.41, 5.74) is 0. The Morgan fingerprint density at radius 3 is 0.933 bits per heavy atom. The van der Waals surface area contributed by atoms with E-state index in [1.54, 1.807) is 0 Å². The van der Waals surface area contributed by atoms with Gasteiger partial charge in [0.05, 0.1) is 0 Å². The van der Waals surface area contributed by atoms with E-state index in [-0.39, 0.29) is 15.1 Å². The van der Waals surface area contributed by atoms with Crippen LogP contribution in [0.1, 0.15) is 64.2 Å². The predicted molar refractivity (Wildman–Crippen MR) is 66.5 cm³/mol. The van der Waals surface area contributed by atoms with Crippen LogP contribution in [0.15, 0.2) is 0 Å². The van der Waals surface area contributed by atoms with Crippen molar-refractivity contribution in [2.45, 2.75) is 64.2 Å². The molecule has 0 heterocycles. The van der Waals surface area contributed by atoms with E-state index in [9.17, 15) is 0 Å². The molecule has 0 aromatic rings. The Hall–Kier alpha value is 1.20. The molecule has 0 unspecified atom stereocenters. The van der Waals surface area contributed by atoms with E-state index in [1.807, 2.05) is 0 Å². The van der Waals surface area contributed by atoms with Gasteiger partial charge >= 0.3 is 34.5 Å². The number of hydrogen-bond acceptors (Lipinski definition) is 0. The standard InChI is InChI=1S/2C6H11.2ClH.Ru/c2*1-2-4-6-5-3-1;;;/h2*1H,2-6H2;2*1H;/q2*-1;;;+4/p-2. The summed E-state index contributed by atoms with van der Waals surface area (Å²) in [5.74, 6) is 0. The van der Waals surface area contributed by atoms with Gasteiger partial charge in [0.15, 0.2) is 0 Å². The van der Waals surface area contributed by atoms with E-state index in [0.717, 1.165) is 0 Å². The molecule has 0 nitrogen and oxygen atoms in total. The van der Waals surface area contributed by atoms with Crippen LogP contribution in [-0.4, -0.2) is 0 Å². The van der Waals surface area contributed by atoms with Crippen LogP contribution in [0, 0.1) is 12.8 Å². The summed E-state index contributed by atoms with van der Waals surface area (Å²) in [6.45, 7) is 0. The van der Waals surface area contributed by atoms with E-state index in [1.165, 1.54) is 64.2 Å². The normalized spacial score (nSPS) is 20.4. The van der Waals surface area contributed by atoms with Gasteiger partial charge < -0.3 is 12.8 Å². The third kappa shape index (κ3) is 15.2. The topological polar surface area (TPSA) is 0 Å². The molecule has 2 aliphatic carbocycles.